The number of anilines is 1. The van der Waals surface area contributed by atoms with Crippen LogP contribution >= 0.6 is 0 Å². The molecule has 1 aliphatic rings. The van der Waals surface area contributed by atoms with E-state index >= 15 is 0 Å². The highest BCUT2D eigenvalue weighted by Gasteiger charge is 2.11. The highest BCUT2D eigenvalue weighted by atomic mass is 15.2. The molecule has 0 aliphatic heterocycles. The molecule has 0 amide bonds. The molecule has 3 N–H and O–H groups in total. The molecule has 5 heteroatoms. The molecule has 0 unspecified atom stereocenters. The van der Waals surface area contributed by atoms with Crippen molar-refractivity contribution in [1.82, 2.24) is 15.6 Å². The largest absolute Gasteiger partial charge is 0.368 e. The maximum Gasteiger partial charge on any atom is 0.191 e. The van der Waals surface area contributed by atoms with Crippen molar-refractivity contribution in [2.45, 2.75) is 25.8 Å². The van der Waals surface area contributed by atoms with Gasteiger partial charge in [0.1, 0.15) is 5.82 Å². The number of aromatic nitrogens is 1. The standard InChI is InChI=1S/C19H25N5/c1-2-20-19(23-16-8-4-5-9-16)22-14-13-21-18-12-11-15-7-3-6-10-17(15)24-18/h3-7,10-12,16H,2,8-9,13-14H2,1H3,(H,21,24)(H2,20,22,23). The average Bonchev–Trinajstić information content (AvgIpc) is 3.12. The van der Waals surface area contributed by atoms with E-state index in [1.54, 1.807) is 0 Å². The molecule has 2 aromatic rings. The van der Waals surface area contributed by atoms with Gasteiger partial charge < -0.3 is 16.0 Å². The Hall–Kier alpha value is -2.56. The van der Waals surface area contributed by atoms with E-state index in [9.17, 15) is 0 Å². The Morgan fingerprint density at radius 3 is 2.83 bits per heavy atom. The Kier molecular flexibility index (Phi) is 5.66. The number of hydrogen-bond donors (Lipinski definition) is 3. The van der Waals surface area contributed by atoms with Crippen LogP contribution in [0.1, 0.15) is 19.8 Å². The first-order valence-corrected chi connectivity index (χ1v) is 8.64. The second kappa shape index (κ2) is 8.34. The lowest BCUT2D eigenvalue weighted by molar-refractivity contribution is 0.634. The minimum atomic E-state index is 0.470. The Balaban J connectivity index is 1.51. The van der Waals surface area contributed by atoms with E-state index in [0.29, 0.717) is 12.6 Å². The van der Waals surface area contributed by atoms with Gasteiger partial charge in [-0.05, 0) is 38.0 Å². The second-order valence-electron chi connectivity index (χ2n) is 5.86. The fourth-order valence-electron chi connectivity index (χ4n) is 2.76. The lowest BCUT2D eigenvalue weighted by Gasteiger charge is -2.16. The fourth-order valence-corrected chi connectivity index (χ4v) is 2.76. The molecular weight excluding hydrogens is 298 g/mol. The summed E-state index contributed by atoms with van der Waals surface area (Å²) in [6.45, 7) is 4.40. The number of para-hydroxylation sites is 1. The van der Waals surface area contributed by atoms with Crippen molar-refractivity contribution in [3.05, 3.63) is 48.6 Å². The molecule has 1 aromatic carbocycles. The van der Waals surface area contributed by atoms with Gasteiger partial charge in [-0.1, -0.05) is 30.4 Å². The predicted molar refractivity (Wildman–Crippen MR) is 102 cm³/mol. The van der Waals surface area contributed by atoms with E-state index in [4.69, 9.17) is 0 Å². The van der Waals surface area contributed by atoms with Crippen LogP contribution in [0.5, 0.6) is 0 Å². The Bertz CT molecular complexity index is 715. The number of aliphatic imine (C=N–C) groups is 1. The quantitative estimate of drug-likeness (QED) is 0.331. The van der Waals surface area contributed by atoms with Crippen molar-refractivity contribution in [2.24, 2.45) is 4.99 Å². The van der Waals surface area contributed by atoms with Gasteiger partial charge in [0.25, 0.3) is 0 Å². The van der Waals surface area contributed by atoms with E-state index in [-0.39, 0.29) is 0 Å². The number of guanidine groups is 1. The predicted octanol–water partition coefficient (Wildman–Crippen LogP) is 2.92. The summed E-state index contributed by atoms with van der Waals surface area (Å²) in [5, 5.41) is 11.3. The zero-order valence-corrected chi connectivity index (χ0v) is 14.1. The lowest BCUT2D eigenvalue weighted by Crippen LogP contribution is -2.42. The lowest BCUT2D eigenvalue weighted by atomic mass is 10.2. The van der Waals surface area contributed by atoms with Gasteiger partial charge in [-0.3, -0.25) is 4.99 Å². The zero-order chi connectivity index (χ0) is 16.6. The van der Waals surface area contributed by atoms with Crippen molar-refractivity contribution in [3.63, 3.8) is 0 Å². The summed E-state index contributed by atoms with van der Waals surface area (Å²) in [4.78, 5) is 9.24. The van der Waals surface area contributed by atoms with Gasteiger partial charge in [-0.2, -0.15) is 0 Å². The first-order valence-electron chi connectivity index (χ1n) is 8.64. The van der Waals surface area contributed by atoms with Crippen LogP contribution in [0, 0.1) is 0 Å². The molecule has 1 heterocycles. The number of rotatable bonds is 6. The molecule has 0 atom stereocenters. The summed E-state index contributed by atoms with van der Waals surface area (Å²) >= 11 is 0. The molecule has 0 fully saturated rings. The zero-order valence-electron chi connectivity index (χ0n) is 14.1. The summed E-state index contributed by atoms with van der Waals surface area (Å²) in [5.41, 5.74) is 1.01. The summed E-state index contributed by atoms with van der Waals surface area (Å²) < 4.78 is 0. The number of pyridine rings is 1. The van der Waals surface area contributed by atoms with Gasteiger partial charge >= 0.3 is 0 Å². The Labute approximate surface area is 143 Å². The molecular formula is C19H25N5. The van der Waals surface area contributed by atoms with Gasteiger partial charge in [-0.15, -0.1) is 0 Å². The van der Waals surface area contributed by atoms with Crippen LogP contribution in [0.2, 0.25) is 0 Å². The first-order chi connectivity index (χ1) is 11.8. The molecule has 0 bridgehead atoms. The van der Waals surface area contributed by atoms with Crippen LogP contribution in [-0.4, -0.2) is 36.6 Å². The summed E-state index contributed by atoms with van der Waals surface area (Å²) in [7, 11) is 0. The van der Waals surface area contributed by atoms with Crippen molar-refractivity contribution < 1.29 is 0 Å². The number of nitrogens with one attached hydrogen (secondary N) is 3. The number of nitrogens with zero attached hydrogens (tertiary/aromatic N) is 2. The van der Waals surface area contributed by atoms with E-state index in [0.717, 1.165) is 48.6 Å². The van der Waals surface area contributed by atoms with Gasteiger partial charge in [0, 0.05) is 24.5 Å². The third-order valence-electron chi connectivity index (χ3n) is 3.98. The van der Waals surface area contributed by atoms with Crippen molar-refractivity contribution >= 4 is 22.7 Å². The Morgan fingerprint density at radius 2 is 2.00 bits per heavy atom. The minimum Gasteiger partial charge on any atom is -0.368 e. The van der Waals surface area contributed by atoms with Gasteiger partial charge in [0.15, 0.2) is 5.96 Å². The molecule has 1 aliphatic carbocycles. The molecule has 0 saturated heterocycles. The van der Waals surface area contributed by atoms with Crippen LogP contribution in [0.25, 0.3) is 10.9 Å². The summed E-state index contributed by atoms with van der Waals surface area (Å²) in [6.07, 6.45) is 6.58. The number of hydrogen-bond acceptors (Lipinski definition) is 3. The molecule has 0 spiro atoms. The smallest absolute Gasteiger partial charge is 0.191 e. The molecule has 24 heavy (non-hydrogen) atoms. The SMILES string of the molecule is CCNC(=NCCNc1ccc2ccccc2n1)NC1CC=CC1. The van der Waals surface area contributed by atoms with E-state index in [1.807, 2.05) is 24.3 Å². The van der Waals surface area contributed by atoms with Crippen LogP contribution < -0.4 is 16.0 Å². The molecule has 126 valence electrons. The third-order valence-corrected chi connectivity index (χ3v) is 3.98. The maximum atomic E-state index is 4.63. The minimum absolute atomic E-state index is 0.470. The average molecular weight is 323 g/mol. The van der Waals surface area contributed by atoms with Crippen molar-refractivity contribution in [3.8, 4) is 0 Å². The van der Waals surface area contributed by atoms with Crippen LogP contribution in [0.4, 0.5) is 5.82 Å². The van der Waals surface area contributed by atoms with E-state index in [2.05, 4.69) is 57.1 Å². The van der Waals surface area contributed by atoms with Crippen LogP contribution in [0.3, 0.4) is 0 Å². The highest BCUT2D eigenvalue weighted by molar-refractivity contribution is 5.80. The summed E-state index contributed by atoms with van der Waals surface area (Å²) in [6, 6.07) is 12.7. The Morgan fingerprint density at radius 1 is 1.17 bits per heavy atom. The van der Waals surface area contributed by atoms with E-state index < -0.39 is 0 Å². The maximum absolute atomic E-state index is 4.63. The fraction of sp³-hybridized carbons (Fsp3) is 0.368. The van der Waals surface area contributed by atoms with Gasteiger partial charge in [0.2, 0.25) is 0 Å². The molecule has 0 saturated carbocycles. The van der Waals surface area contributed by atoms with Crippen LogP contribution in [0.15, 0.2) is 53.5 Å². The molecule has 5 nitrogen and oxygen atoms in total. The summed E-state index contributed by atoms with van der Waals surface area (Å²) in [5.74, 6) is 1.78. The van der Waals surface area contributed by atoms with E-state index in [1.165, 1.54) is 0 Å². The third kappa shape index (κ3) is 4.47. The molecule has 1 aromatic heterocycles. The van der Waals surface area contributed by atoms with Gasteiger partial charge in [0.05, 0.1) is 12.1 Å². The van der Waals surface area contributed by atoms with Gasteiger partial charge in [-0.25, -0.2) is 4.98 Å². The van der Waals surface area contributed by atoms with Crippen LogP contribution in [-0.2, 0) is 0 Å². The molecule has 3 rings (SSSR count). The monoisotopic (exact) mass is 323 g/mol. The highest BCUT2D eigenvalue weighted by Crippen LogP contribution is 2.14. The molecule has 0 radical (unpaired) electrons. The first kappa shape index (κ1) is 16.3. The second-order valence-corrected chi connectivity index (χ2v) is 5.86. The number of fused-ring (bicyclic) bond motifs is 1. The number of benzene rings is 1. The van der Waals surface area contributed by atoms with Crippen molar-refractivity contribution in [2.75, 3.05) is 25.0 Å². The topological polar surface area (TPSA) is 61.3 Å². The van der Waals surface area contributed by atoms with Crippen molar-refractivity contribution in [1.29, 1.82) is 0 Å². The normalized spacial score (nSPS) is 15.0.